The molecule has 0 aromatic carbocycles. The number of aliphatic hydroxyl groups excluding tert-OH is 1. The molecule has 114 valence electrons. The van der Waals surface area contributed by atoms with Crippen molar-refractivity contribution in [3.63, 3.8) is 0 Å². The van der Waals surface area contributed by atoms with E-state index in [0.29, 0.717) is 6.42 Å². The Balaban J connectivity index is 3.30. The molecular weight excluding hydrogens is 254 g/mol. The predicted octanol–water partition coefficient (Wildman–Crippen LogP) is 4.66. The third-order valence-electron chi connectivity index (χ3n) is 3.11. The molecule has 1 N–H and O–H groups in total. The van der Waals surface area contributed by atoms with E-state index in [4.69, 9.17) is 5.53 Å². The second-order valence-corrected chi connectivity index (χ2v) is 5.04. The van der Waals surface area contributed by atoms with Crippen molar-refractivity contribution in [2.24, 2.45) is 5.11 Å². The standard InChI is InChI=1S/C15H27N3O2/c1-2-11-14(19)12-9-7-5-3-4-6-8-10-13-15(20)17-18-16/h7,9,14,19H,2-6,8,10-13H2,1H3/b9-7-. The van der Waals surface area contributed by atoms with Crippen LogP contribution in [0.2, 0.25) is 0 Å². The summed E-state index contributed by atoms with van der Waals surface area (Å²) in [6.45, 7) is 2.08. The van der Waals surface area contributed by atoms with Crippen molar-refractivity contribution in [2.45, 2.75) is 77.2 Å². The summed E-state index contributed by atoms with van der Waals surface area (Å²) in [6.07, 6.45) is 13.3. The number of carbonyl (C=O) groups excluding carboxylic acids is 1. The van der Waals surface area contributed by atoms with Crippen LogP contribution in [0.5, 0.6) is 0 Å². The van der Waals surface area contributed by atoms with Gasteiger partial charge in [-0.2, -0.15) is 0 Å². The zero-order chi connectivity index (χ0) is 15.1. The van der Waals surface area contributed by atoms with Crippen LogP contribution in [0.4, 0.5) is 0 Å². The fourth-order valence-electron chi connectivity index (χ4n) is 1.99. The molecular formula is C15H27N3O2. The van der Waals surface area contributed by atoms with Crippen molar-refractivity contribution in [1.29, 1.82) is 0 Å². The number of aliphatic hydroxyl groups is 1. The van der Waals surface area contributed by atoms with Crippen LogP contribution in [0, 0.1) is 0 Å². The van der Waals surface area contributed by atoms with Crippen LogP contribution in [-0.2, 0) is 4.79 Å². The average molecular weight is 281 g/mol. The number of allylic oxidation sites excluding steroid dienone is 1. The van der Waals surface area contributed by atoms with Crippen LogP contribution < -0.4 is 0 Å². The molecule has 1 atom stereocenters. The number of carbonyl (C=O) groups is 1. The predicted molar refractivity (Wildman–Crippen MR) is 81.1 cm³/mol. The highest BCUT2D eigenvalue weighted by Gasteiger charge is 1.98. The van der Waals surface area contributed by atoms with Gasteiger partial charge < -0.3 is 5.11 Å². The van der Waals surface area contributed by atoms with E-state index in [2.05, 4.69) is 29.1 Å². The van der Waals surface area contributed by atoms with Crippen LogP contribution >= 0.6 is 0 Å². The number of hydrogen-bond acceptors (Lipinski definition) is 2. The Kier molecular flexibility index (Phi) is 13.2. The van der Waals surface area contributed by atoms with E-state index in [1.807, 2.05) is 0 Å². The lowest BCUT2D eigenvalue weighted by Crippen LogP contribution is -2.02. The Labute approximate surface area is 121 Å². The Morgan fingerprint density at radius 3 is 2.65 bits per heavy atom. The van der Waals surface area contributed by atoms with Crippen molar-refractivity contribution >= 4 is 5.91 Å². The molecule has 5 nitrogen and oxygen atoms in total. The molecule has 1 amide bonds. The van der Waals surface area contributed by atoms with Gasteiger partial charge in [0.25, 0.3) is 0 Å². The minimum atomic E-state index is -0.360. The van der Waals surface area contributed by atoms with E-state index in [-0.39, 0.29) is 12.0 Å². The van der Waals surface area contributed by atoms with Crippen molar-refractivity contribution < 1.29 is 9.90 Å². The number of rotatable bonds is 12. The molecule has 0 saturated carbocycles. The largest absolute Gasteiger partial charge is 0.393 e. The highest BCUT2D eigenvalue weighted by molar-refractivity contribution is 5.76. The van der Waals surface area contributed by atoms with Crippen LogP contribution in [0.3, 0.4) is 0 Å². The van der Waals surface area contributed by atoms with E-state index in [0.717, 1.165) is 57.8 Å². The number of hydrogen-bond donors (Lipinski definition) is 1. The summed E-state index contributed by atoms with van der Waals surface area (Å²) in [7, 11) is 0. The van der Waals surface area contributed by atoms with E-state index in [9.17, 15) is 9.90 Å². The Morgan fingerprint density at radius 1 is 1.25 bits per heavy atom. The minimum Gasteiger partial charge on any atom is -0.393 e. The van der Waals surface area contributed by atoms with Gasteiger partial charge in [-0.3, -0.25) is 4.79 Å². The zero-order valence-electron chi connectivity index (χ0n) is 12.5. The first-order valence-electron chi connectivity index (χ1n) is 7.61. The molecule has 0 saturated heterocycles. The van der Waals surface area contributed by atoms with Gasteiger partial charge in [0.2, 0.25) is 5.91 Å². The summed E-state index contributed by atoms with van der Waals surface area (Å²) >= 11 is 0. The molecule has 0 aliphatic carbocycles. The van der Waals surface area contributed by atoms with Crippen molar-refractivity contribution in [3.8, 4) is 0 Å². The monoisotopic (exact) mass is 281 g/mol. The third-order valence-corrected chi connectivity index (χ3v) is 3.11. The normalized spacial score (nSPS) is 12.3. The van der Waals surface area contributed by atoms with Gasteiger partial charge in [-0.25, -0.2) is 0 Å². The summed E-state index contributed by atoms with van der Waals surface area (Å²) in [4.78, 5) is 13.4. The van der Waals surface area contributed by atoms with E-state index in [1.165, 1.54) is 0 Å². The quantitative estimate of drug-likeness (QED) is 0.185. The lowest BCUT2D eigenvalue weighted by Gasteiger charge is -2.04. The van der Waals surface area contributed by atoms with Gasteiger partial charge in [-0.15, -0.1) is 0 Å². The third kappa shape index (κ3) is 13.1. The van der Waals surface area contributed by atoms with Gasteiger partial charge in [0.05, 0.1) is 6.10 Å². The van der Waals surface area contributed by atoms with Gasteiger partial charge in [-0.05, 0) is 42.7 Å². The minimum absolute atomic E-state index is 0.190. The van der Waals surface area contributed by atoms with Crippen molar-refractivity contribution in [2.75, 3.05) is 0 Å². The summed E-state index contributed by atoms with van der Waals surface area (Å²) in [5.74, 6) is -0.360. The number of azide groups is 1. The van der Waals surface area contributed by atoms with Gasteiger partial charge in [0.15, 0.2) is 0 Å². The van der Waals surface area contributed by atoms with Crippen molar-refractivity contribution in [3.05, 3.63) is 22.6 Å². The van der Waals surface area contributed by atoms with Gasteiger partial charge >= 0.3 is 0 Å². The fourth-order valence-corrected chi connectivity index (χ4v) is 1.99. The summed E-state index contributed by atoms with van der Waals surface area (Å²) in [6, 6.07) is 0. The molecule has 1 unspecified atom stereocenters. The first-order chi connectivity index (χ1) is 9.70. The fraction of sp³-hybridized carbons (Fsp3) is 0.800. The number of unbranched alkanes of at least 4 members (excludes halogenated alkanes) is 5. The molecule has 5 heteroatoms. The molecule has 0 rings (SSSR count). The Morgan fingerprint density at radius 2 is 1.95 bits per heavy atom. The summed E-state index contributed by atoms with van der Waals surface area (Å²) in [5, 5.41) is 12.6. The van der Waals surface area contributed by atoms with Gasteiger partial charge in [0, 0.05) is 11.3 Å². The van der Waals surface area contributed by atoms with E-state index >= 15 is 0 Å². The van der Waals surface area contributed by atoms with Gasteiger partial charge in [-0.1, -0.05) is 44.8 Å². The molecule has 20 heavy (non-hydrogen) atoms. The highest BCUT2D eigenvalue weighted by Crippen LogP contribution is 2.09. The summed E-state index contributed by atoms with van der Waals surface area (Å²) < 4.78 is 0. The molecule has 0 bridgehead atoms. The molecule has 0 fully saturated rings. The molecule has 0 heterocycles. The second-order valence-electron chi connectivity index (χ2n) is 5.04. The van der Waals surface area contributed by atoms with Crippen LogP contribution in [0.15, 0.2) is 17.3 Å². The summed E-state index contributed by atoms with van der Waals surface area (Å²) in [5.41, 5.74) is 8.06. The Hall–Kier alpha value is -1.32. The lowest BCUT2D eigenvalue weighted by molar-refractivity contribution is -0.118. The SMILES string of the molecule is CCCC(O)C/C=C\CCCCCCCC(=O)N=[N+]=[N-]. The van der Waals surface area contributed by atoms with Crippen LogP contribution in [0.25, 0.3) is 10.4 Å². The zero-order valence-corrected chi connectivity index (χ0v) is 12.5. The Bertz CT molecular complexity index is 323. The molecule has 0 aliphatic heterocycles. The maximum absolute atomic E-state index is 10.9. The average Bonchev–Trinajstić information content (AvgIpc) is 2.41. The van der Waals surface area contributed by atoms with E-state index in [1.54, 1.807) is 0 Å². The maximum atomic E-state index is 10.9. The molecule has 0 aromatic heterocycles. The van der Waals surface area contributed by atoms with E-state index < -0.39 is 0 Å². The lowest BCUT2D eigenvalue weighted by atomic mass is 10.1. The van der Waals surface area contributed by atoms with Crippen LogP contribution in [0.1, 0.15) is 71.1 Å². The van der Waals surface area contributed by atoms with Gasteiger partial charge in [0.1, 0.15) is 0 Å². The molecule has 0 spiro atoms. The smallest absolute Gasteiger partial charge is 0.218 e. The van der Waals surface area contributed by atoms with Crippen molar-refractivity contribution in [1.82, 2.24) is 0 Å². The number of amides is 1. The maximum Gasteiger partial charge on any atom is 0.218 e. The number of nitrogens with zero attached hydrogens (tertiary/aromatic N) is 3. The first-order valence-corrected chi connectivity index (χ1v) is 7.61. The molecule has 0 radical (unpaired) electrons. The molecule has 0 aromatic rings. The molecule has 0 aliphatic rings. The topological polar surface area (TPSA) is 86.1 Å². The van der Waals surface area contributed by atoms with Crippen LogP contribution in [-0.4, -0.2) is 17.1 Å². The second kappa shape index (κ2) is 14.1. The first kappa shape index (κ1) is 18.7. The highest BCUT2D eigenvalue weighted by atomic mass is 16.3.